The molecule has 0 radical (unpaired) electrons. The monoisotopic (exact) mass is 194 g/mol. The Morgan fingerprint density at radius 1 is 1.44 bits per heavy atom. The van der Waals surface area contributed by atoms with Crippen molar-refractivity contribution in [2.45, 2.75) is 32.8 Å². The summed E-state index contributed by atoms with van der Waals surface area (Å²) in [6.45, 7) is 7.14. The van der Waals surface area contributed by atoms with E-state index in [1.54, 1.807) is 0 Å². The number of rotatable bonds is 4. The standard InChI is InChI=1S/C7H15BrO/c1-4-5-9-7(2,3)6-8/h4-6H2,1-3H3. The molecular formula is C7H15BrO. The molecule has 0 saturated carbocycles. The Kier molecular flexibility index (Phi) is 4.50. The summed E-state index contributed by atoms with van der Waals surface area (Å²) >= 11 is 3.38. The Morgan fingerprint density at radius 2 is 2.00 bits per heavy atom. The van der Waals surface area contributed by atoms with Gasteiger partial charge in [0.05, 0.1) is 5.60 Å². The highest BCUT2D eigenvalue weighted by molar-refractivity contribution is 9.09. The van der Waals surface area contributed by atoms with Crippen LogP contribution in [0.5, 0.6) is 0 Å². The maximum atomic E-state index is 5.48. The number of hydrogen-bond acceptors (Lipinski definition) is 1. The highest BCUT2D eigenvalue weighted by Gasteiger charge is 2.14. The lowest BCUT2D eigenvalue weighted by Gasteiger charge is -2.21. The third kappa shape index (κ3) is 4.91. The van der Waals surface area contributed by atoms with Crippen LogP contribution in [0.25, 0.3) is 0 Å². The zero-order valence-corrected chi connectivity index (χ0v) is 7.99. The van der Waals surface area contributed by atoms with Crippen molar-refractivity contribution in [3.05, 3.63) is 0 Å². The van der Waals surface area contributed by atoms with E-state index in [1.807, 2.05) is 0 Å². The lowest BCUT2D eigenvalue weighted by molar-refractivity contribution is 0.00231. The summed E-state index contributed by atoms with van der Waals surface area (Å²) in [6, 6.07) is 0. The summed E-state index contributed by atoms with van der Waals surface area (Å²) in [5, 5.41) is 0.903. The molecule has 0 amide bonds. The molecule has 0 unspecified atom stereocenters. The van der Waals surface area contributed by atoms with Gasteiger partial charge in [0.25, 0.3) is 0 Å². The molecule has 0 aromatic carbocycles. The number of alkyl halides is 1. The van der Waals surface area contributed by atoms with Gasteiger partial charge in [-0.2, -0.15) is 0 Å². The molecule has 0 spiro atoms. The van der Waals surface area contributed by atoms with Gasteiger partial charge < -0.3 is 4.74 Å². The number of halogens is 1. The second-order valence-corrected chi connectivity index (χ2v) is 3.30. The SMILES string of the molecule is CCCOC(C)(C)CBr. The maximum absolute atomic E-state index is 5.48. The smallest absolute Gasteiger partial charge is 0.0722 e. The van der Waals surface area contributed by atoms with Crippen molar-refractivity contribution in [3.63, 3.8) is 0 Å². The fourth-order valence-electron chi connectivity index (χ4n) is 0.417. The lowest BCUT2D eigenvalue weighted by atomic mass is 10.2. The zero-order chi connectivity index (χ0) is 7.33. The van der Waals surface area contributed by atoms with E-state index in [4.69, 9.17) is 4.74 Å². The summed E-state index contributed by atoms with van der Waals surface area (Å²) in [4.78, 5) is 0. The molecular weight excluding hydrogens is 180 g/mol. The van der Waals surface area contributed by atoms with Gasteiger partial charge in [0.1, 0.15) is 0 Å². The number of hydrogen-bond donors (Lipinski definition) is 0. The van der Waals surface area contributed by atoms with Gasteiger partial charge in [-0.05, 0) is 20.3 Å². The van der Waals surface area contributed by atoms with Crippen molar-refractivity contribution in [3.8, 4) is 0 Å². The van der Waals surface area contributed by atoms with Gasteiger partial charge in [-0.1, -0.05) is 22.9 Å². The average molecular weight is 195 g/mol. The molecule has 2 heteroatoms. The van der Waals surface area contributed by atoms with Crippen LogP contribution in [0.3, 0.4) is 0 Å². The highest BCUT2D eigenvalue weighted by Crippen LogP contribution is 2.11. The van der Waals surface area contributed by atoms with Crippen LogP contribution in [-0.2, 0) is 4.74 Å². The van der Waals surface area contributed by atoms with E-state index in [-0.39, 0.29) is 5.60 Å². The van der Waals surface area contributed by atoms with Gasteiger partial charge in [-0.3, -0.25) is 0 Å². The highest BCUT2D eigenvalue weighted by atomic mass is 79.9. The van der Waals surface area contributed by atoms with Crippen LogP contribution in [0.2, 0.25) is 0 Å². The summed E-state index contributed by atoms with van der Waals surface area (Å²) in [6.07, 6.45) is 1.09. The molecule has 0 rings (SSSR count). The Labute approximate surface area is 65.9 Å². The summed E-state index contributed by atoms with van der Waals surface area (Å²) in [5.74, 6) is 0. The Bertz CT molecular complexity index is 71.3. The Balaban J connectivity index is 3.33. The molecule has 0 aliphatic heterocycles. The average Bonchev–Trinajstić information content (AvgIpc) is 1.84. The van der Waals surface area contributed by atoms with Crippen LogP contribution < -0.4 is 0 Å². The molecule has 0 N–H and O–H groups in total. The van der Waals surface area contributed by atoms with E-state index in [2.05, 4.69) is 36.7 Å². The van der Waals surface area contributed by atoms with Crippen LogP contribution in [0.1, 0.15) is 27.2 Å². The van der Waals surface area contributed by atoms with E-state index in [0.717, 1.165) is 18.4 Å². The van der Waals surface area contributed by atoms with Crippen LogP contribution in [0, 0.1) is 0 Å². The van der Waals surface area contributed by atoms with Gasteiger partial charge in [-0.15, -0.1) is 0 Å². The molecule has 0 saturated heterocycles. The maximum Gasteiger partial charge on any atom is 0.0722 e. The third-order valence-electron chi connectivity index (χ3n) is 1.02. The van der Waals surface area contributed by atoms with Gasteiger partial charge in [0, 0.05) is 11.9 Å². The fraction of sp³-hybridized carbons (Fsp3) is 1.00. The summed E-state index contributed by atoms with van der Waals surface area (Å²) < 4.78 is 5.48. The minimum absolute atomic E-state index is 0.00993. The van der Waals surface area contributed by atoms with Crippen molar-refractivity contribution < 1.29 is 4.74 Å². The van der Waals surface area contributed by atoms with Crippen LogP contribution in [0.15, 0.2) is 0 Å². The second-order valence-electron chi connectivity index (χ2n) is 2.74. The molecule has 0 fully saturated rings. The summed E-state index contributed by atoms with van der Waals surface area (Å²) in [5.41, 5.74) is 0.00993. The van der Waals surface area contributed by atoms with Crippen molar-refractivity contribution in [2.24, 2.45) is 0 Å². The fourth-order valence-corrected chi connectivity index (χ4v) is 0.579. The first kappa shape index (κ1) is 9.44. The first-order chi connectivity index (χ1) is 4.12. The molecule has 0 heterocycles. The van der Waals surface area contributed by atoms with Gasteiger partial charge in [0.15, 0.2) is 0 Å². The Morgan fingerprint density at radius 3 is 2.33 bits per heavy atom. The van der Waals surface area contributed by atoms with Crippen LogP contribution in [-0.4, -0.2) is 17.5 Å². The number of ether oxygens (including phenoxy) is 1. The predicted molar refractivity (Wildman–Crippen MR) is 44.1 cm³/mol. The quantitative estimate of drug-likeness (QED) is 0.626. The van der Waals surface area contributed by atoms with Gasteiger partial charge >= 0.3 is 0 Å². The van der Waals surface area contributed by atoms with E-state index >= 15 is 0 Å². The van der Waals surface area contributed by atoms with Gasteiger partial charge in [-0.25, -0.2) is 0 Å². The van der Waals surface area contributed by atoms with Crippen LogP contribution >= 0.6 is 15.9 Å². The molecule has 1 nitrogen and oxygen atoms in total. The molecule has 9 heavy (non-hydrogen) atoms. The molecule has 0 bridgehead atoms. The van der Waals surface area contributed by atoms with Gasteiger partial charge in [0.2, 0.25) is 0 Å². The topological polar surface area (TPSA) is 9.23 Å². The van der Waals surface area contributed by atoms with Crippen molar-refractivity contribution in [2.75, 3.05) is 11.9 Å². The van der Waals surface area contributed by atoms with E-state index in [1.165, 1.54) is 0 Å². The van der Waals surface area contributed by atoms with E-state index < -0.39 is 0 Å². The normalized spacial score (nSPS) is 12.0. The zero-order valence-electron chi connectivity index (χ0n) is 6.41. The minimum Gasteiger partial charge on any atom is -0.375 e. The lowest BCUT2D eigenvalue weighted by Crippen LogP contribution is -2.26. The molecule has 56 valence electrons. The first-order valence-corrected chi connectivity index (χ1v) is 4.44. The largest absolute Gasteiger partial charge is 0.375 e. The van der Waals surface area contributed by atoms with Crippen molar-refractivity contribution in [1.82, 2.24) is 0 Å². The molecule has 0 aliphatic carbocycles. The predicted octanol–water partition coefficient (Wildman–Crippen LogP) is 2.59. The third-order valence-corrected chi connectivity index (χ3v) is 2.37. The second kappa shape index (κ2) is 4.29. The molecule has 0 aliphatic rings. The molecule has 0 aromatic rings. The van der Waals surface area contributed by atoms with Crippen LogP contribution in [0.4, 0.5) is 0 Å². The Hall–Kier alpha value is 0.440. The first-order valence-electron chi connectivity index (χ1n) is 3.32. The molecule has 0 atom stereocenters. The molecule has 0 aromatic heterocycles. The minimum atomic E-state index is 0.00993. The van der Waals surface area contributed by atoms with Crippen molar-refractivity contribution >= 4 is 15.9 Å². The van der Waals surface area contributed by atoms with Crippen molar-refractivity contribution in [1.29, 1.82) is 0 Å². The van der Waals surface area contributed by atoms with E-state index in [0.29, 0.717) is 0 Å². The van der Waals surface area contributed by atoms with E-state index in [9.17, 15) is 0 Å². The summed E-state index contributed by atoms with van der Waals surface area (Å²) in [7, 11) is 0.